The van der Waals surface area contributed by atoms with E-state index in [0.29, 0.717) is 6.42 Å². The van der Waals surface area contributed by atoms with Gasteiger partial charge in [0.05, 0.1) is 18.4 Å². The van der Waals surface area contributed by atoms with Gasteiger partial charge in [0, 0.05) is 16.9 Å². The maximum Gasteiger partial charge on any atom is 0.233 e. The quantitative estimate of drug-likeness (QED) is 0.744. The van der Waals surface area contributed by atoms with Crippen LogP contribution in [0.15, 0.2) is 47.4 Å². The summed E-state index contributed by atoms with van der Waals surface area (Å²) >= 11 is 1.57. The highest BCUT2D eigenvalue weighted by Gasteiger charge is 2.35. The summed E-state index contributed by atoms with van der Waals surface area (Å²) in [4.78, 5) is 13.9. The highest BCUT2D eigenvalue weighted by atomic mass is 32.2. The molecule has 2 aromatic carbocycles. The Morgan fingerprint density at radius 3 is 2.63 bits per heavy atom. The van der Waals surface area contributed by atoms with E-state index in [-0.39, 0.29) is 22.8 Å². The van der Waals surface area contributed by atoms with Crippen molar-refractivity contribution in [2.75, 3.05) is 7.11 Å². The standard InChI is InChI=1S/C22H27NO3S/c1-14-6-9-17(10-7-14)27-15(2)21(24)23-19-13-22(3,4)26-20-11-8-16(25-5)12-18(19)20/h6-12,15,19H,13H2,1-5H3,(H,23,24)/t15-,19+/m1/s1. The van der Waals surface area contributed by atoms with Gasteiger partial charge in [-0.15, -0.1) is 11.8 Å². The van der Waals surface area contributed by atoms with Crippen molar-refractivity contribution in [3.05, 3.63) is 53.6 Å². The Hall–Kier alpha value is -2.14. The maximum atomic E-state index is 12.9. The predicted molar refractivity (Wildman–Crippen MR) is 110 cm³/mol. The summed E-state index contributed by atoms with van der Waals surface area (Å²) in [5.41, 5.74) is 1.84. The third-order valence-electron chi connectivity index (χ3n) is 4.69. The van der Waals surface area contributed by atoms with E-state index in [1.165, 1.54) is 5.56 Å². The monoisotopic (exact) mass is 385 g/mol. The van der Waals surface area contributed by atoms with Crippen molar-refractivity contribution < 1.29 is 14.3 Å². The first-order valence-corrected chi connectivity index (χ1v) is 10.1. The molecule has 4 nitrogen and oxygen atoms in total. The van der Waals surface area contributed by atoms with Crippen LogP contribution >= 0.6 is 11.8 Å². The van der Waals surface area contributed by atoms with Gasteiger partial charge in [-0.1, -0.05) is 17.7 Å². The number of thioether (sulfide) groups is 1. The van der Waals surface area contributed by atoms with Crippen LogP contribution in [0.5, 0.6) is 11.5 Å². The van der Waals surface area contributed by atoms with E-state index in [1.807, 2.05) is 39.0 Å². The number of carbonyl (C=O) groups excluding carboxylic acids is 1. The Morgan fingerprint density at radius 2 is 1.96 bits per heavy atom. The zero-order valence-corrected chi connectivity index (χ0v) is 17.4. The van der Waals surface area contributed by atoms with Crippen molar-refractivity contribution >= 4 is 17.7 Å². The average Bonchev–Trinajstić information content (AvgIpc) is 2.62. The van der Waals surface area contributed by atoms with E-state index in [4.69, 9.17) is 9.47 Å². The number of hydrogen-bond donors (Lipinski definition) is 1. The highest BCUT2D eigenvalue weighted by Crippen LogP contribution is 2.41. The fraction of sp³-hybridized carbons (Fsp3) is 0.409. The summed E-state index contributed by atoms with van der Waals surface area (Å²) in [6.45, 7) is 8.09. The number of hydrogen-bond acceptors (Lipinski definition) is 4. The van der Waals surface area contributed by atoms with E-state index in [9.17, 15) is 4.79 Å². The average molecular weight is 386 g/mol. The molecule has 1 N–H and O–H groups in total. The minimum absolute atomic E-state index is 0.0250. The van der Waals surface area contributed by atoms with Crippen LogP contribution in [-0.4, -0.2) is 23.9 Å². The first-order chi connectivity index (χ1) is 12.8. The van der Waals surface area contributed by atoms with Crippen molar-refractivity contribution in [2.45, 2.75) is 55.9 Å². The molecule has 1 heterocycles. The Morgan fingerprint density at radius 1 is 1.26 bits per heavy atom. The SMILES string of the molecule is COc1ccc2c(c1)[C@@H](NC(=O)[C@@H](C)Sc1ccc(C)cc1)CC(C)(C)O2. The molecule has 3 rings (SSSR count). The predicted octanol–water partition coefficient (Wildman–Crippen LogP) is 4.90. The topological polar surface area (TPSA) is 47.6 Å². The lowest BCUT2D eigenvalue weighted by Gasteiger charge is -2.38. The van der Waals surface area contributed by atoms with Crippen LogP contribution in [0.1, 0.15) is 44.4 Å². The molecule has 5 heteroatoms. The van der Waals surface area contributed by atoms with E-state index in [2.05, 4.69) is 36.5 Å². The fourth-order valence-corrected chi connectivity index (χ4v) is 4.13. The minimum atomic E-state index is -0.340. The summed E-state index contributed by atoms with van der Waals surface area (Å²) < 4.78 is 11.4. The summed E-state index contributed by atoms with van der Waals surface area (Å²) in [6, 6.07) is 13.9. The number of carbonyl (C=O) groups is 1. The molecule has 1 amide bonds. The lowest BCUT2D eigenvalue weighted by molar-refractivity contribution is -0.121. The molecule has 0 fully saturated rings. The molecule has 1 aliphatic rings. The number of nitrogens with one attached hydrogen (secondary N) is 1. The summed E-state index contributed by atoms with van der Waals surface area (Å²) in [6.07, 6.45) is 0.709. The van der Waals surface area contributed by atoms with E-state index < -0.39 is 0 Å². The smallest absolute Gasteiger partial charge is 0.233 e. The van der Waals surface area contributed by atoms with Gasteiger partial charge >= 0.3 is 0 Å². The number of methoxy groups -OCH3 is 1. The van der Waals surface area contributed by atoms with Gasteiger partial charge in [-0.2, -0.15) is 0 Å². The molecule has 1 aliphatic heterocycles. The molecule has 0 unspecified atom stereocenters. The van der Waals surface area contributed by atoms with E-state index in [1.54, 1.807) is 18.9 Å². The first kappa shape index (κ1) is 19.6. The molecule has 0 radical (unpaired) electrons. The van der Waals surface area contributed by atoms with Crippen LogP contribution in [0.4, 0.5) is 0 Å². The highest BCUT2D eigenvalue weighted by molar-refractivity contribution is 8.00. The second kappa shape index (κ2) is 7.85. The Bertz CT molecular complexity index is 817. The molecule has 0 bridgehead atoms. The summed E-state index contributed by atoms with van der Waals surface area (Å²) in [5, 5.41) is 3.03. The van der Waals surface area contributed by atoms with Gasteiger partial charge in [-0.25, -0.2) is 0 Å². The van der Waals surface area contributed by atoms with Crippen molar-refractivity contribution in [1.82, 2.24) is 5.32 Å². The number of rotatable bonds is 5. The minimum Gasteiger partial charge on any atom is -0.497 e. The van der Waals surface area contributed by atoms with Gasteiger partial charge in [0.15, 0.2) is 0 Å². The van der Waals surface area contributed by atoms with E-state index >= 15 is 0 Å². The van der Waals surface area contributed by atoms with Gasteiger partial charge in [-0.3, -0.25) is 4.79 Å². The number of amides is 1. The van der Waals surface area contributed by atoms with Crippen LogP contribution in [0.2, 0.25) is 0 Å². The van der Waals surface area contributed by atoms with Gasteiger partial charge in [0.2, 0.25) is 5.91 Å². The molecule has 0 aromatic heterocycles. The summed E-state index contributed by atoms with van der Waals surface area (Å²) in [5.74, 6) is 1.59. The normalized spacial score (nSPS) is 18.8. The van der Waals surface area contributed by atoms with Crippen LogP contribution in [0.25, 0.3) is 0 Å². The molecule has 144 valence electrons. The molecule has 2 aromatic rings. The Labute approximate surface area is 165 Å². The van der Waals surface area contributed by atoms with Crippen LogP contribution < -0.4 is 14.8 Å². The molecule has 0 aliphatic carbocycles. The van der Waals surface area contributed by atoms with Crippen LogP contribution in [0.3, 0.4) is 0 Å². The zero-order valence-electron chi connectivity index (χ0n) is 16.5. The second-order valence-electron chi connectivity index (χ2n) is 7.60. The van der Waals surface area contributed by atoms with E-state index in [0.717, 1.165) is 22.0 Å². The number of aryl methyl sites for hydroxylation is 1. The fourth-order valence-electron chi connectivity index (χ4n) is 3.25. The second-order valence-corrected chi connectivity index (χ2v) is 9.02. The summed E-state index contributed by atoms with van der Waals surface area (Å²) in [7, 11) is 1.64. The molecule has 27 heavy (non-hydrogen) atoms. The van der Waals surface area contributed by atoms with Crippen molar-refractivity contribution in [2.24, 2.45) is 0 Å². The Balaban J connectivity index is 1.75. The maximum absolute atomic E-state index is 12.9. The van der Waals surface area contributed by atoms with Gasteiger partial charge in [0.25, 0.3) is 0 Å². The third-order valence-corrected chi connectivity index (χ3v) is 5.81. The lowest BCUT2D eigenvalue weighted by atomic mass is 9.89. The van der Waals surface area contributed by atoms with Crippen LogP contribution in [0, 0.1) is 6.92 Å². The number of ether oxygens (including phenoxy) is 2. The Kier molecular flexibility index (Phi) is 5.70. The lowest BCUT2D eigenvalue weighted by Crippen LogP contribution is -2.43. The third kappa shape index (κ3) is 4.78. The zero-order chi connectivity index (χ0) is 19.6. The van der Waals surface area contributed by atoms with Gasteiger partial charge < -0.3 is 14.8 Å². The molecular weight excluding hydrogens is 358 g/mol. The van der Waals surface area contributed by atoms with Gasteiger partial charge in [0.1, 0.15) is 17.1 Å². The molecular formula is C22H27NO3S. The van der Waals surface area contributed by atoms with Crippen molar-refractivity contribution in [3.8, 4) is 11.5 Å². The molecule has 0 saturated carbocycles. The molecule has 2 atom stereocenters. The largest absolute Gasteiger partial charge is 0.497 e. The first-order valence-electron chi connectivity index (χ1n) is 9.18. The van der Waals surface area contributed by atoms with Crippen molar-refractivity contribution in [3.63, 3.8) is 0 Å². The molecule has 0 saturated heterocycles. The number of benzene rings is 2. The van der Waals surface area contributed by atoms with Crippen molar-refractivity contribution in [1.29, 1.82) is 0 Å². The number of fused-ring (bicyclic) bond motifs is 1. The molecule has 0 spiro atoms. The van der Waals surface area contributed by atoms with Crippen LogP contribution in [-0.2, 0) is 4.79 Å². The van der Waals surface area contributed by atoms with Gasteiger partial charge in [-0.05, 0) is 58.0 Å².